The molecule has 0 radical (unpaired) electrons. The van der Waals surface area contributed by atoms with Crippen LogP contribution in [0.15, 0.2) is 175 Å². The zero-order chi connectivity index (χ0) is 35.1. The summed E-state index contributed by atoms with van der Waals surface area (Å²) in [6, 6.07) is 55.4. The number of benzene rings is 10. The van der Waals surface area contributed by atoms with Crippen LogP contribution < -0.4 is 0 Å². The summed E-state index contributed by atoms with van der Waals surface area (Å²) in [5, 5.41) is 15.8. The van der Waals surface area contributed by atoms with Gasteiger partial charge in [0, 0.05) is 11.8 Å². The molecule has 2 unspecified atom stereocenters. The molecule has 0 spiro atoms. The summed E-state index contributed by atoms with van der Waals surface area (Å²) in [6.45, 7) is 0. The maximum absolute atomic E-state index is 2.48. The monoisotopic (exact) mass is 680 g/mol. The van der Waals surface area contributed by atoms with Crippen LogP contribution in [0.25, 0.3) is 105 Å². The van der Waals surface area contributed by atoms with Crippen molar-refractivity contribution in [2.45, 2.75) is 5.92 Å². The second kappa shape index (κ2) is 10.4. The van der Waals surface area contributed by atoms with Gasteiger partial charge in [0.25, 0.3) is 0 Å². The standard InChI is InChI=1S/C54H32/c1-4-31-10-13-37-16-22-43(46-25-19-34(7-1)49(31)52(37)46)40-28-41(44-23-17-38-14-11-32-5-2-8-35-20-26-47(44)53(38)50(32)35)30-42(29-40)45-24-18-39-15-12-33-6-3-9-36-21-27-48(45)54(39)51(33)36/h1-30,46,52H. The van der Waals surface area contributed by atoms with Crippen molar-refractivity contribution in [2.75, 3.05) is 0 Å². The van der Waals surface area contributed by atoms with Crippen molar-refractivity contribution in [3.8, 4) is 22.3 Å². The molecule has 10 aromatic rings. The lowest BCUT2D eigenvalue weighted by Crippen LogP contribution is -2.23. The van der Waals surface area contributed by atoms with Crippen LogP contribution in [-0.2, 0) is 0 Å². The molecule has 54 heavy (non-hydrogen) atoms. The predicted octanol–water partition coefficient (Wildman–Crippen LogP) is 14.6. The Morgan fingerprint density at radius 1 is 0.370 bits per heavy atom. The zero-order valence-electron chi connectivity index (χ0n) is 29.5. The van der Waals surface area contributed by atoms with Crippen molar-refractivity contribution < 1.29 is 0 Å². The number of hydrogen-bond acceptors (Lipinski definition) is 0. The van der Waals surface area contributed by atoms with E-state index in [1.165, 1.54) is 120 Å². The lowest BCUT2D eigenvalue weighted by molar-refractivity contribution is 0.681. The molecule has 2 atom stereocenters. The fourth-order valence-corrected chi connectivity index (χ4v) is 10.5. The Labute approximate surface area is 313 Å². The largest absolute Gasteiger partial charge is 0.0754 e. The first kappa shape index (κ1) is 28.8. The summed E-state index contributed by atoms with van der Waals surface area (Å²) in [5.74, 6) is 0.580. The minimum absolute atomic E-state index is 0.259. The molecule has 0 aromatic heterocycles. The van der Waals surface area contributed by atoms with Crippen LogP contribution in [0.3, 0.4) is 0 Å². The third kappa shape index (κ3) is 3.82. The fraction of sp³-hybridized carbons (Fsp3) is 0.0370. The molecule has 0 aliphatic heterocycles. The smallest absolute Gasteiger partial charge is 0.0205 e. The number of allylic oxidation sites excluding steroid dienone is 6. The van der Waals surface area contributed by atoms with Crippen LogP contribution >= 0.6 is 0 Å². The molecule has 0 saturated heterocycles. The highest BCUT2D eigenvalue weighted by Gasteiger charge is 2.36. The maximum Gasteiger partial charge on any atom is 0.0205 e. The molecule has 3 aliphatic rings. The van der Waals surface area contributed by atoms with Gasteiger partial charge in [0.05, 0.1) is 0 Å². The van der Waals surface area contributed by atoms with E-state index in [9.17, 15) is 0 Å². The minimum atomic E-state index is 0.259. The van der Waals surface area contributed by atoms with Crippen LogP contribution in [0.5, 0.6) is 0 Å². The quantitative estimate of drug-likeness (QED) is 0.163. The Morgan fingerprint density at radius 3 is 1.44 bits per heavy atom. The normalized spacial score (nSPS) is 17.3. The lowest BCUT2D eigenvalue weighted by atomic mass is 9.65. The minimum Gasteiger partial charge on any atom is -0.0754 e. The molecule has 0 N–H and O–H groups in total. The van der Waals surface area contributed by atoms with Gasteiger partial charge in [-0.05, 0) is 138 Å². The highest BCUT2D eigenvalue weighted by atomic mass is 14.4. The van der Waals surface area contributed by atoms with Crippen molar-refractivity contribution in [1.82, 2.24) is 0 Å². The second-order valence-electron chi connectivity index (χ2n) is 15.6. The molecule has 0 heteroatoms. The van der Waals surface area contributed by atoms with Gasteiger partial charge >= 0.3 is 0 Å². The van der Waals surface area contributed by atoms with E-state index < -0.39 is 0 Å². The van der Waals surface area contributed by atoms with Gasteiger partial charge < -0.3 is 0 Å². The van der Waals surface area contributed by atoms with E-state index in [1.807, 2.05) is 0 Å². The first-order valence-corrected chi connectivity index (χ1v) is 19.2. The summed E-state index contributed by atoms with van der Waals surface area (Å²) in [4.78, 5) is 0. The molecular weight excluding hydrogens is 649 g/mol. The van der Waals surface area contributed by atoms with Crippen molar-refractivity contribution in [2.24, 2.45) is 5.92 Å². The summed E-state index contributed by atoms with van der Waals surface area (Å²) >= 11 is 0. The van der Waals surface area contributed by atoms with E-state index in [2.05, 4.69) is 182 Å². The van der Waals surface area contributed by atoms with Crippen molar-refractivity contribution >= 4 is 82.4 Å². The number of rotatable bonds is 3. The van der Waals surface area contributed by atoms with Gasteiger partial charge in [-0.2, -0.15) is 0 Å². The van der Waals surface area contributed by atoms with Gasteiger partial charge in [0.1, 0.15) is 0 Å². The summed E-state index contributed by atoms with van der Waals surface area (Å²) in [5.41, 5.74) is 13.3. The highest BCUT2D eigenvalue weighted by Crippen LogP contribution is 2.52. The third-order valence-electron chi connectivity index (χ3n) is 12.9. The average Bonchev–Trinajstić information content (AvgIpc) is 3.23. The van der Waals surface area contributed by atoms with Crippen molar-refractivity contribution in [3.63, 3.8) is 0 Å². The SMILES string of the molecule is C1=Cc2cccc3c2C2C1=CC=C(c1cc(-c4ccc5ccc6cccc7ccc4c5c67)cc(-c4ccc5ccc6cccc7ccc4c5c67)c1)C2C=C3. The Morgan fingerprint density at radius 2 is 0.852 bits per heavy atom. The molecule has 10 aromatic carbocycles. The van der Waals surface area contributed by atoms with Crippen molar-refractivity contribution in [1.29, 1.82) is 0 Å². The van der Waals surface area contributed by atoms with Crippen LogP contribution in [0, 0.1) is 5.92 Å². The first-order valence-electron chi connectivity index (χ1n) is 19.2. The second-order valence-corrected chi connectivity index (χ2v) is 15.6. The molecule has 0 bridgehead atoms. The Balaban J connectivity index is 1.09. The van der Waals surface area contributed by atoms with Gasteiger partial charge in [-0.15, -0.1) is 0 Å². The molecule has 0 heterocycles. The molecular formula is C54H32. The first-order chi connectivity index (χ1) is 26.7. The molecule has 248 valence electrons. The molecule has 3 aliphatic carbocycles. The van der Waals surface area contributed by atoms with Gasteiger partial charge in [-0.3, -0.25) is 0 Å². The summed E-state index contributed by atoms with van der Waals surface area (Å²) in [6.07, 6.45) is 14.3. The van der Waals surface area contributed by atoms with E-state index in [0.29, 0.717) is 5.92 Å². The summed E-state index contributed by atoms with van der Waals surface area (Å²) < 4.78 is 0. The molecule has 0 saturated carbocycles. The summed E-state index contributed by atoms with van der Waals surface area (Å²) in [7, 11) is 0. The number of hydrogen-bond donors (Lipinski definition) is 0. The van der Waals surface area contributed by atoms with Gasteiger partial charge in [-0.25, -0.2) is 0 Å². The van der Waals surface area contributed by atoms with E-state index in [-0.39, 0.29) is 5.92 Å². The Kier molecular flexibility index (Phi) is 5.56. The van der Waals surface area contributed by atoms with Crippen molar-refractivity contribution in [3.05, 3.63) is 198 Å². The van der Waals surface area contributed by atoms with E-state index in [0.717, 1.165) is 0 Å². The Hall–Kier alpha value is -6.76. The van der Waals surface area contributed by atoms with Gasteiger partial charge in [0.15, 0.2) is 0 Å². The maximum atomic E-state index is 2.48. The fourth-order valence-electron chi connectivity index (χ4n) is 10.5. The molecule has 0 amide bonds. The average molecular weight is 681 g/mol. The lowest BCUT2D eigenvalue weighted by Gasteiger charge is -2.38. The van der Waals surface area contributed by atoms with E-state index in [1.54, 1.807) is 0 Å². The van der Waals surface area contributed by atoms with Crippen LogP contribution in [-0.4, -0.2) is 0 Å². The Bertz CT molecular complexity index is 3180. The molecule has 13 rings (SSSR count). The zero-order valence-corrected chi connectivity index (χ0v) is 29.5. The third-order valence-corrected chi connectivity index (χ3v) is 12.9. The van der Waals surface area contributed by atoms with Gasteiger partial charge in [0.2, 0.25) is 0 Å². The van der Waals surface area contributed by atoms with Crippen LogP contribution in [0.1, 0.15) is 28.2 Å². The van der Waals surface area contributed by atoms with E-state index >= 15 is 0 Å². The molecule has 0 fully saturated rings. The van der Waals surface area contributed by atoms with Crippen LogP contribution in [0.2, 0.25) is 0 Å². The van der Waals surface area contributed by atoms with Crippen LogP contribution in [0.4, 0.5) is 0 Å². The highest BCUT2D eigenvalue weighted by molar-refractivity contribution is 6.27. The topological polar surface area (TPSA) is 0 Å². The molecule has 0 nitrogen and oxygen atoms in total. The van der Waals surface area contributed by atoms with E-state index in [4.69, 9.17) is 0 Å². The van der Waals surface area contributed by atoms with Gasteiger partial charge in [-0.1, -0.05) is 164 Å². The predicted molar refractivity (Wildman–Crippen MR) is 232 cm³/mol.